The maximum Gasteiger partial charge on any atom is 0.119 e. The first kappa shape index (κ1) is 11.9. The summed E-state index contributed by atoms with van der Waals surface area (Å²) < 4.78 is 6.10. The molecule has 0 bridgehead atoms. The van der Waals surface area contributed by atoms with Crippen LogP contribution in [-0.4, -0.2) is 19.1 Å². The van der Waals surface area contributed by atoms with Gasteiger partial charge in [-0.05, 0) is 46.3 Å². The van der Waals surface area contributed by atoms with Gasteiger partial charge < -0.3 is 9.64 Å². The Bertz CT molecular complexity index is 499. The van der Waals surface area contributed by atoms with E-state index in [0.717, 1.165) is 21.6 Å². The van der Waals surface area contributed by atoms with E-state index in [4.69, 9.17) is 4.74 Å². The smallest absolute Gasteiger partial charge is 0.119 e. The second-order valence-corrected chi connectivity index (χ2v) is 4.53. The van der Waals surface area contributed by atoms with Crippen molar-refractivity contribution >= 4 is 27.3 Å². The fraction of sp³-hybridized carbons (Fsp3) is 0.154. The van der Waals surface area contributed by atoms with Crippen molar-refractivity contribution in [1.82, 2.24) is 4.98 Å². The molecule has 0 radical (unpaired) electrons. The highest BCUT2D eigenvalue weighted by atomic mass is 79.9. The van der Waals surface area contributed by atoms with Gasteiger partial charge in [-0.2, -0.15) is 0 Å². The molecule has 1 heterocycles. The van der Waals surface area contributed by atoms with Crippen LogP contribution in [0.1, 0.15) is 0 Å². The van der Waals surface area contributed by atoms with Crippen molar-refractivity contribution in [2.45, 2.75) is 0 Å². The maximum absolute atomic E-state index is 5.14. The molecule has 1 aromatic carbocycles. The Balaban J connectivity index is 2.27. The maximum atomic E-state index is 5.14. The predicted molar refractivity (Wildman–Crippen MR) is 73.0 cm³/mol. The van der Waals surface area contributed by atoms with Crippen LogP contribution >= 0.6 is 15.9 Å². The first-order chi connectivity index (χ1) is 8.20. The molecule has 2 aromatic rings. The summed E-state index contributed by atoms with van der Waals surface area (Å²) in [5.74, 6) is 0.856. The molecule has 2 rings (SSSR count). The van der Waals surface area contributed by atoms with E-state index in [-0.39, 0.29) is 0 Å². The van der Waals surface area contributed by atoms with Gasteiger partial charge in [0.05, 0.1) is 19.0 Å². The molecule has 0 atom stereocenters. The third kappa shape index (κ3) is 2.77. The Hall–Kier alpha value is -1.55. The third-order valence-corrected chi connectivity index (χ3v) is 2.97. The second-order valence-electron chi connectivity index (χ2n) is 3.62. The van der Waals surface area contributed by atoms with Gasteiger partial charge in [-0.25, -0.2) is 0 Å². The van der Waals surface area contributed by atoms with Gasteiger partial charge in [0.1, 0.15) is 5.75 Å². The summed E-state index contributed by atoms with van der Waals surface area (Å²) in [5.41, 5.74) is 2.12. The fourth-order valence-corrected chi connectivity index (χ4v) is 1.89. The number of hydrogen-bond donors (Lipinski definition) is 0. The Morgan fingerprint density at radius 1 is 1.12 bits per heavy atom. The van der Waals surface area contributed by atoms with Gasteiger partial charge in [-0.3, -0.25) is 4.98 Å². The molecule has 1 aromatic heterocycles. The number of benzene rings is 1. The number of pyridine rings is 1. The number of rotatable bonds is 3. The molecule has 4 heteroatoms. The first-order valence-electron chi connectivity index (χ1n) is 5.19. The van der Waals surface area contributed by atoms with Gasteiger partial charge >= 0.3 is 0 Å². The molecule has 0 aliphatic heterocycles. The number of methoxy groups -OCH3 is 1. The molecule has 0 saturated carbocycles. The Labute approximate surface area is 109 Å². The minimum atomic E-state index is 0.856. The number of anilines is 2. The molecule has 0 amide bonds. The third-order valence-electron chi connectivity index (χ3n) is 2.54. The molecule has 0 spiro atoms. The normalized spacial score (nSPS) is 10.1. The zero-order valence-electron chi connectivity index (χ0n) is 9.72. The number of nitrogens with zero attached hydrogens (tertiary/aromatic N) is 2. The summed E-state index contributed by atoms with van der Waals surface area (Å²) in [6.45, 7) is 0. The van der Waals surface area contributed by atoms with Crippen molar-refractivity contribution < 1.29 is 4.74 Å². The zero-order chi connectivity index (χ0) is 12.3. The summed E-state index contributed by atoms with van der Waals surface area (Å²) in [5, 5.41) is 0. The number of aromatic nitrogens is 1. The largest absolute Gasteiger partial charge is 0.497 e. The lowest BCUT2D eigenvalue weighted by atomic mass is 10.2. The van der Waals surface area contributed by atoms with Crippen molar-refractivity contribution in [1.29, 1.82) is 0 Å². The number of ether oxygens (including phenoxy) is 1. The summed E-state index contributed by atoms with van der Waals surface area (Å²) in [6.07, 6.45) is 3.60. The van der Waals surface area contributed by atoms with Crippen molar-refractivity contribution in [3.8, 4) is 5.75 Å². The highest BCUT2D eigenvalue weighted by Crippen LogP contribution is 2.26. The highest BCUT2D eigenvalue weighted by molar-refractivity contribution is 9.10. The predicted octanol–water partition coefficient (Wildman–Crippen LogP) is 3.62. The SMILES string of the molecule is COc1ccc(N(C)c2cncc(Br)c2)cc1. The molecule has 0 aliphatic carbocycles. The van der Waals surface area contributed by atoms with Gasteiger partial charge in [0.2, 0.25) is 0 Å². The van der Waals surface area contributed by atoms with Crippen LogP contribution < -0.4 is 9.64 Å². The van der Waals surface area contributed by atoms with Crippen LogP contribution in [-0.2, 0) is 0 Å². The Morgan fingerprint density at radius 3 is 2.41 bits per heavy atom. The van der Waals surface area contributed by atoms with Crippen LogP contribution in [0, 0.1) is 0 Å². The minimum Gasteiger partial charge on any atom is -0.497 e. The van der Waals surface area contributed by atoms with E-state index in [1.165, 1.54) is 0 Å². The number of hydrogen-bond acceptors (Lipinski definition) is 3. The van der Waals surface area contributed by atoms with E-state index in [2.05, 4.69) is 25.8 Å². The molecular weight excluding hydrogens is 280 g/mol. The van der Waals surface area contributed by atoms with E-state index in [1.54, 1.807) is 13.3 Å². The van der Waals surface area contributed by atoms with Gasteiger partial charge in [0.25, 0.3) is 0 Å². The molecule has 17 heavy (non-hydrogen) atoms. The van der Waals surface area contributed by atoms with Crippen molar-refractivity contribution in [3.05, 3.63) is 47.2 Å². The van der Waals surface area contributed by atoms with Crippen molar-refractivity contribution in [2.75, 3.05) is 19.1 Å². The van der Waals surface area contributed by atoms with Gasteiger partial charge in [0, 0.05) is 23.4 Å². The molecule has 0 fully saturated rings. The fourth-order valence-electron chi connectivity index (χ4n) is 1.54. The van der Waals surface area contributed by atoms with E-state index in [1.807, 2.05) is 43.6 Å². The lowest BCUT2D eigenvalue weighted by Gasteiger charge is -2.19. The van der Waals surface area contributed by atoms with Gasteiger partial charge in [0.15, 0.2) is 0 Å². The van der Waals surface area contributed by atoms with Gasteiger partial charge in [-0.1, -0.05) is 0 Å². The van der Waals surface area contributed by atoms with Crippen LogP contribution in [0.2, 0.25) is 0 Å². The molecule has 88 valence electrons. The average Bonchev–Trinajstić information content (AvgIpc) is 2.38. The zero-order valence-corrected chi connectivity index (χ0v) is 11.3. The highest BCUT2D eigenvalue weighted by Gasteiger charge is 2.04. The molecule has 0 saturated heterocycles. The monoisotopic (exact) mass is 292 g/mol. The second kappa shape index (κ2) is 5.19. The lowest BCUT2D eigenvalue weighted by Crippen LogP contribution is -2.09. The molecule has 0 unspecified atom stereocenters. The molecule has 3 nitrogen and oxygen atoms in total. The molecule has 0 N–H and O–H groups in total. The molecular formula is C13H13BrN2O. The Morgan fingerprint density at radius 2 is 1.82 bits per heavy atom. The van der Waals surface area contributed by atoms with E-state index >= 15 is 0 Å². The standard InChI is InChI=1S/C13H13BrN2O/c1-16(12-7-10(14)8-15-9-12)11-3-5-13(17-2)6-4-11/h3-9H,1-2H3. The topological polar surface area (TPSA) is 25.4 Å². The summed E-state index contributed by atoms with van der Waals surface area (Å²) in [7, 11) is 3.67. The lowest BCUT2D eigenvalue weighted by molar-refractivity contribution is 0.415. The van der Waals surface area contributed by atoms with Crippen LogP contribution in [0.15, 0.2) is 47.2 Å². The van der Waals surface area contributed by atoms with Crippen LogP contribution in [0.5, 0.6) is 5.75 Å². The summed E-state index contributed by atoms with van der Waals surface area (Å²) in [6, 6.07) is 9.94. The Kier molecular flexibility index (Phi) is 3.64. The van der Waals surface area contributed by atoms with Crippen LogP contribution in [0.4, 0.5) is 11.4 Å². The van der Waals surface area contributed by atoms with Gasteiger partial charge in [-0.15, -0.1) is 0 Å². The van der Waals surface area contributed by atoms with Crippen molar-refractivity contribution in [3.63, 3.8) is 0 Å². The van der Waals surface area contributed by atoms with Crippen molar-refractivity contribution in [2.24, 2.45) is 0 Å². The molecule has 0 aliphatic rings. The van der Waals surface area contributed by atoms with Crippen LogP contribution in [0.3, 0.4) is 0 Å². The number of halogens is 1. The van der Waals surface area contributed by atoms with E-state index in [9.17, 15) is 0 Å². The van der Waals surface area contributed by atoms with E-state index < -0.39 is 0 Å². The quantitative estimate of drug-likeness (QED) is 0.864. The average molecular weight is 293 g/mol. The minimum absolute atomic E-state index is 0.856. The van der Waals surface area contributed by atoms with Crippen LogP contribution in [0.25, 0.3) is 0 Å². The first-order valence-corrected chi connectivity index (χ1v) is 5.98. The summed E-state index contributed by atoms with van der Waals surface area (Å²) >= 11 is 3.42. The van der Waals surface area contributed by atoms with E-state index in [0.29, 0.717) is 0 Å². The summed E-state index contributed by atoms with van der Waals surface area (Å²) in [4.78, 5) is 6.22.